The number of hydrogen-bond donors (Lipinski definition) is 1. The second-order valence-corrected chi connectivity index (χ2v) is 5.00. The Hall–Kier alpha value is -1.41. The van der Waals surface area contributed by atoms with Crippen LogP contribution in [0.5, 0.6) is 0 Å². The van der Waals surface area contributed by atoms with Crippen LogP contribution >= 0.6 is 0 Å². The van der Waals surface area contributed by atoms with E-state index in [-0.39, 0.29) is 6.42 Å². The first-order valence-electron chi connectivity index (χ1n) is 7.90. The number of carboxylic acid groups (broad SMARTS) is 1. The van der Waals surface area contributed by atoms with E-state index in [1.54, 1.807) is 0 Å². The molecule has 0 atom stereocenters. The van der Waals surface area contributed by atoms with E-state index >= 15 is 0 Å². The van der Waals surface area contributed by atoms with Crippen LogP contribution in [0.25, 0.3) is 0 Å². The zero-order valence-corrected chi connectivity index (χ0v) is 12.8. The second-order valence-electron chi connectivity index (χ2n) is 5.00. The van der Waals surface area contributed by atoms with E-state index in [9.17, 15) is 4.79 Å². The topological polar surface area (TPSA) is 37.3 Å². The molecule has 0 radical (unpaired) electrons. The van der Waals surface area contributed by atoms with Crippen molar-refractivity contribution in [3.8, 4) is 23.7 Å². The minimum atomic E-state index is -0.863. The summed E-state index contributed by atoms with van der Waals surface area (Å²) in [6.45, 7) is 2.25. The highest BCUT2D eigenvalue weighted by atomic mass is 16.4. The standard InChI is InChI=1S/C18H28O2/c1-2-3-4-5-6-7-8-9-10-11-12-13-14-15-16-17-18(19)20/h2-10,13-14,17H2,1H3,(H,19,20). The molecule has 0 spiro atoms. The van der Waals surface area contributed by atoms with Gasteiger partial charge in [0.05, 0.1) is 0 Å². The number of carbonyl (C=O) groups is 1. The Labute approximate surface area is 124 Å². The third-order valence-corrected chi connectivity index (χ3v) is 3.02. The maximum absolute atomic E-state index is 10.2. The van der Waals surface area contributed by atoms with Gasteiger partial charge in [-0.3, -0.25) is 4.79 Å². The number of hydrogen-bond acceptors (Lipinski definition) is 1. The van der Waals surface area contributed by atoms with E-state index < -0.39 is 5.97 Å². The number of unbranched alkanes of at least 4 members (excludes halogenated alkanes) is 9. The largest absolute Gasteiger partial charge is 0.481 e. The zero-order chi connectivity index (χ0) is 14.9. The van der Waals surface area contributed by atoms with Gasteiger partial charge in [-0.05, 0) is 6.42 Å². The molecule has 0 aromatic heterocycles. The molecular formula is C18H28O2. The quantitative estimate of drug-likeness (QED) is 0.460. The Bertz CT molecular complexity index is 349. The van der Waals surface area contributed by atoms with Crippen LogP contribution < -0.4 is 0 Å². The molecule has 0 aromatic rings. The molecule has 0 unspecified atom stereocenters. The Morgan fingerprint density at radius 1 is 0.750 bits per heavy atom. The van der Waals surface area contributed by atoms with Crippen molar-refractivity contribution in [2.75, 3.05) is 0 Å². The van der Waals surface area contributed by atoms with Gasteiger partial charge in [-0.15, -0.1) is 17.8 Å². The van der Waals surface area contributed by atoms with Crippen LogP contribution in [0.2, 0.25) is 0 Å². The molecule has 0 aliphatic heterocycles. The molecular weight excluding hydrogens is 248 g/mol. The fraction of sp³-hybridized carbons (Fsp3) is 0.722. The van der Waals surface area contributed by atoms with E-state index in [1.807, 2.05) is 0 Å². The molecule has 0 aliphatic rings. The first-order valence-corrected chi connectivity index (χ1v) is 7.90. The summed E-state index contributed by atoms with van der Waals surface area (Å²) in [7, 11) is 0. The second kappa shape index (κ2) is 15.6. The van der Waals surface area contributed by atoms with E-state index in [0.717, 1.165) is 12.8 Å². The fourth-order valence-corrected chi connectivity index (χ4v) is 1.88. The lowest BCUT2D eigenvalue weighted by Crippen LogP contribution is -1.89. The summed E-state index contributed by atoms with van der Waals surface area (Å²) < 4.78 is 0. The van der Waals surface area contributed by atoms with Crippen LogP contribution in [0.1, 0.15) is 84.0 Å². The average molecular weight is 276 g/mol. The van der Waals surface area contributed by atoms with Crippen molar-refractivity contribution in [3.05, 3.63) is 0 Å². The van der Waals surface area contributed by atoms with Crippen molar-refractivity contribution < 1.29 is 9.90 Å². The predicted octanol–water partition coefficient (Wildman–Crippen LogP) is 4.78. The molecule has 112 valence electrons. The zero-order valence-electron chi connectivity index (χ0n) is 12.8. The summed E-state index contributed by atoms with van der Waals surface area (Å²) in [5, 5.41) is 8.39. The summed E-state index contributed by atoms with van der Waals surface area (Å²) in [5.74, 6) is 10.8. The maximum Gasteiger partial charge on any atom is 0.315 e. The molecule has 0 fully saturated rings. The molecule has 0 heterocycles. The molecule has 20 heavy (non-hydrogen) atoms. The van der Waals surface area contributed by atoms with E-state index in [0.29, 0.717) is 6.42 Å². The van der Waals surface area contributed by atoms with Crippen LogP contribution in [0.3, 0.4) is 0 Å². The Morgan fingerprint density at radius 2 is 1.25 bits per heavy atom. The highest BCUT2D eigenvalue weighted by molar-refractivity contribution is 5.69. The summed E-state index contributed by atoms with van der Waals surface area (Å²) in [5.41, 5.74) is 0. The van der Waals surface area contributed by atoms with Crippen molar-refractivity contribution in [2.24, 2.45) is 0 Å². The van der Waals surface area contributed by atoms with Crippen molar-refractivity contribution in [1.29, 1.82) is 0 Å². The third kappa shape index (κ3) is 16.6. The lowest BCUT2D eigenvalue weighted by atomic mass is 10.1. The smallest absolute Gasteiger partial charge is 0.315 e. The highest BCUT2D eigenvalue weighted by Crippen LogP contribution is 2.09. The first kappa shape index (κ1) is 18.6. The molecule has 0 amide bonds. The van der Waals surface area contributed by atoms with Crippen LogP contribution in [-0.4, -0.2) is 11.1 Å². The number of aliphatic carboxylic acids is 1. The third-order valence-electron chi connectivity index (χ3n) is 3.02. The lowest BCUT2D eigenvalue weighted by Gasteiger charge is -1.99. The molecule has 0 aromatic carbocycles. The molecule has 0 saturated carbocycles. The predicted molar refractivity (Wildman–Crippen MR) is 84.3 cm³/mol. The Morgan fingerprint density at radius 3 is 1.85 bits per heavy atom. The molecule has 0 bridgehead atoms. The summed E-state index contributed by atoms with van der Waals surface area (Å²) in [6, 6.07) is 0. The Balaban J connectivity index is 3.24. The minimum Gasteiger partial charge on any atom is -0.481 e. The van der Waals surface area contributed by atoms with Gasteiger partial charge in [0, 0.05) is 19.3 Å². The lowest BCUT2D eigenvalue weighted by molar-refractivity contribution is -0.135. The molecule has 0 rings (SSSR count). The van der Waals surface area contributed by atoms with Gasteiger partial charge in [0.1, 0.15) is 6.42 Å². The van der Waals surface area contributed by atoms with Crippen molar-refractivity contribution in [1.82, 2.24) is 0 Å². The van der Waals surface area contributed by atoms with Crippen molar-refractivity contribution >= 4 is 5.97 Å². The van der Waals surface area contributed by atoms with Gasteiger partial charge in [-0.2, -0.15) is 0 Å². The summed E-state index contributed by atoms with van der Waals surface area (Å²) in [6.07, 6.45) is 13.0. The van der Waals surface area contributed by atoms with Gasteiger partial charge in [-0.1, -0.05) is 57.8 Å². The van der Waals surface area contributed by atoms with E-state index in [1.165, 1.54) is 51.4 Å². The van der Waals surface area contributed by atoms with Crippen molar-refractivity contribution in [3.63, 3.8) is 0 Å². The number of rotatable bonds is 10. The minimum absolute atomic E-state index is 0.0638. The monoisotopic (exact) mass is 276 g/mol. The van der Waals surface area contributed by atoms with Crippen LogP contribution in [-0.2, 0) is 4.79 Å². The van der Waals surface area contributed by atoms with Crippen LogP contribution in [0.15, 0.2) is 0 Å². The fourth-order valence-electron chi connectivity index (χ4n) is 1.88. The van der Waals surface area contributed by atoms with Crippen LogP contribution in [0, 0.1) is 23.7 Å². The SMILES string of the molecule is CCCCCCCCCCC#CCCC#CCC(=O)O. The van der Waals surface area contributed by atoms with Gasteiger partial charge >= 0.3 is 5.97 Å². The van der Waals surface area contributed by atoms with Gasteiger partial charge in [-0.25, -0.2) is 0 Å². The van der Waals surface area contributed by atoms with E-state index in [4.69, 9.17) is 5.11 Å². The summed E-state index contributed by atoms with van der Waals surface area (Å²) >= 11 is 0. The Kier molecular flexibility index (Phi) is 14.5. The average Bonchev–Trinajstić information content (AvgIpc) is 2.43. The first-order chi connectivity index (χ1) is 9.77. The van der Waals surface area contributed by atoms with Gasteiger partial charge < -0.3 is 5.11 Å². The molecule has 1 N–H and O–H groups in total. The molecule has 0 saturated heterocycles. The van der Waals surface area contributed by atoms with Gasteiger partial charge in [0.15, 0.2) is 0 Å². The van der Waals surface area contributed by atoms with E-state index in [2.05, 4.69) is 30.6 Å². The maximum atomic E-state index is 10.2. The van der Waals surface area contributed by atoms with Crippen LogP contribution in [0.4, 0.5) is 0 Å². The molecule has 2 heteroatoms. The molecule has 2 nitrogen and oxygen atoms in total. The highest BCUT2D eigenvalue weighted by Gasteiger charge is 1.90. The number of carboxylic acids is 1. The van der Waals surface area contributed by atoms with Gasteiger partial charge in [0.25, 0.3) is 0 Å². The summed E-state index contributed by atoms with van der Waals surface area (Å²) in [4.78, 5) is 10.2. The van der Waals surface area contributed by atoms with Gasteiger partial charge in [0.2, 0.25) is 0 Å². The normalized spacial score (nSPS) is 9.25. The molecule has 0 aliphatic carbocycles. The van der Waals surface area contributed by atoms with Crippen molar-refractivity contribution in [2.45, 2.75) is 84.0 Å².